The van der Waals surface area contributed by atoms with Gasteiger partial charge in [0.1, 0.15) is 12.2 Å². The number of aromatic amines is 1. The van der Waals surface area contributed by atoms with Crippen LogP contribution in [0.15, 0.2) is 91.1 Å². The van der Waals surface area contributed by atoms with Crippen LogP contribution in [0, 0.1) is 5.92 Å². The Balaban J connectivity index is 1.33. The Morgan fingerprint density at radius 3 is 2.18 bits per heavy atom. The Morgan fingerprint density at radius 2 is 1.51 bits per heavy atom. The average Bonchev–Trinajstić information content (AvgIpc) is 3.69. The molecule has 2 unspecified atom stereocenters. The molecule has 0 radical (unpaired) electrons. The van der Waals surface area contributed by atoms with E-state index in [1.807, 2.05) is 91.1 Å². The number of ketones is 2. The number of ether oxygens (including phenoxy) is 2. The topological polar surface area (TPSA) is 130 Å². The number of aromatic nitrogens is 1. The summed E-state index contributed by atoms with van der Waals surface area (Å²) in [4.78, 5) is 56.9. The number of carbonyl (C=O) groups is 4. The molecule has 1 aliphatic heterocycles. The molecule has 5 rings (SSSR count). The predicted molar refractivity (Wildman–Crippen MR) is 170 cm³/mol. The standard InChI is InChI=1S/C36H39N3O6/c1-3-29(39-35(43)44-22-25-14-8-5-9-15-25)32(40)20-26(19-27-21-37-30-17-11-10-16-28(27)30)34(42)38-31(33(41)36(2)23-45-36)18-24-12-6-4-7-13-24/h4-17,21,26,29,31,37H,3,18-20,22-23H2,1-2H3,(H,38,42)(H,39,43)/t26?,29-,31+,36?/m1/s1. The number of hydrogen-bond donors (Lipinski definition) is 3. The van der Waals surface area contributed by atoms with Crippen LogP contribution >= 0.6 is 0 Å². The molecular weight excluding hydrogens is 570 g/mol. The number of amides is 2. The summed E-state index contributed by atoms with van der Waals surface area (Å²) in [6, 6.07) is 24.8. The highest BCUT2D eigenvalue weighted by Crippen LogP contribution is 2.30. The van der Waals surface area contributed by atoms with E-state index < -0.39 is 35.6 Å². The van der Waals surface area contributed by atoms with E-state index in [9.17, 15) is 19.2 Å². The van der Waals surface area contributed by atoms with Crippen molar-refractivity contribution in [1.29, 1.82) is 0 Å². The fourth-order valence-electron chi connectivity index (χ4n) is 5.49. The van der Waals surface area contributed by atoms with Gasteiger partial charge in [0.05, 0.1) is 18.7 Å². The lowest BCUT2D eigenvalue weighted by molar-refractivity contribution is -0.134. The molecule has 234 valence electrons. The maximum absolute atomic E-state index is 14.0. The van der Waals surface area contributed by atoms with Crippen molar-refractivity contribution in [3.63, 3.8) is 0 Å². The van der Waals surface area contributed by atoms with Crippen molar-refractivity contribution in [3.8, 4) is 0 Å². The summed E-state index contributed by atoms with van der Waals surface area (Å²) in [5.74, 6) is -1.70. The van der Waals surface area contributed by atoms with E-state index in [0.29, 0.717) is 19.4 Å². The molecule has 2 heterocycles. The molecule has 4 aromatic rings. The van der Waals surface area contributed by atoms with Crippen LogP contribution in [0.4, 0.5) is 4.79 Å². The van der Waals surface area contributed by atoms with E-state index in [-0.39, 0.29) is 31.0 Å². The Hall–Kier alpha value is -4.76. The number of carbonyl (C=O) groups excluding carboxylic acids is 4. The summed E-state index contributed by atoms with van der Waals surface area (Å²) in [5.41, 5.74) is 2.58. The monoisotopic (exact) mass is 609 g/mol. The number of fused-ring (bicyclic) bond motifs is 1. The zero-order chi connectivity index (χ0) is 31.8. The summed E-state index contributed by atoms with van der Waals surface area (Å²) in [7, 11) is 0. The zero-order valence-electron chi connectivity index (χ0n) is 25.6. The first-order chi connectivity index (χ1) is 21.8. The molecule has 0 saturated carbocycles. The van der Waals surface area contributed by atoms with Crippen LogP contribution in [-0.4, -0.2) is 52.8 Å². The number of alkyl carbamates (subject to hydrolysis) is 1. The SMILES string of the molecule is CC[C@@H](NC(=O)OCc1ccccc1)C(=O)CC(Cc1c[nH]c2ccccc12)C(=O)N[C@@H](Cc1ccccc1)C(=O)C1(C)CO1. The first-order valence-electron chi connectivity index (χ1n) is 15.3. The van der Waals surface area contributed by atoms with Gasteiger partial charge in [-0.2, -0.15) is 0 Å². The summed E-state index contributed by atoms with van der Waals surface area (Å²) >= 11 is 0. The molecule has 0 bridgehead atoms. The van der Waals surface area contributed by atoms with Crippen molar-refractivity contribution in [2.45, 2.75) is 63.8 Å². The second-order valence-electron chi connectivity index (χ2n) is 11.7. The minimum absolute atomic E-state index is 0.0718. The number of H-pyrrole nitrogens is 1. The summed E-state index contributed by atoms with van der Waals surface area (Å²) in [6.07, 6.45) is 1.88. The number of rotatable bonds is 15. The van der Waals surface area contributed by atoms with Gasteiger partial charge in [0.25, 0.3) is 0 Å². The van der Waals surface area contributed by atoms with Gasteiger partial charge in [0.15, 0.2) is 11.6 Å². The van der Waals surface area contributed by atoms with E-state index >= 15 is 0 Å². The third kappa shape index (κ3) is 8.25. The lowest BCUT2D eigenvalue weighted by atomic mass is 9.89. The van der Waals surface area contributed by atoms with Crippen molar-refractivity contribution in [3.05, 3.63) is 108 Å². The van der Waals surface area contributed by atoms with Gasteiger partial charge >= 0.3 is 6.09 Å². The third-order valence-corrected chi connectivity index (χ3v) is 8.28. The van der Waals surface area contributed by atoms with Crippen molar-refractivity contribution in [2.24, 2.45) is 5.92 Å². The largest absolute Gasteiger partial charge is 0.445 e. The van der Waals surface area contributed by atoms with Crippen LogP contribution in [0.5, 0.6) is 0 Å². The lowest BCUT2D eigenvalue weighted by Crippen LogP contribution is -2.50. The number of nitrogens with one attached hydrogen (secondary N) is 3. The third-order valence-electron chi connectivity index (χ3n) is 8.28. The number of Topliss-reactive ketones (excluding diaryl/α,β-unsaturated/α-hetero) is 2. The lowest BCUT2D eigenvalue weighted by Gasteiger charge is -2.24. The molecular formula is C36H39N3O6. The number of para-hydroxylation sites is 1. The van der Waals surface area contributed by atoms with Crippen molar-refractivity contribution in [2.75, 3.05) is 6.61 Å². The van der Waals surface area contributed by atoms with Crippen LogP contribution in [0.3, 0.4) is 0 Å². The van der Waals surface area contributed by atoms with Gasteiger partial charge in [-0.15, -0.1) is 0 Å². The molecule has 1 aliphatic rings. The Kier molecular flexibility index (Phi) is 10.1. The molecule has 9 heteroatoms. The molecule has 3 aromatic carbocycles. The average molecular weight is 610 g/mol. The van der Waals surface area contributed by atoms with Gasteiger partial charge < -0.3 is 25.1 Å². The molecule has 3 N–H and O–H groups in total. The molecule has 0 aliphatic carbocycles. The summed E-state index contributed by atoms with van der Waals surface area (Å²) < 4.78 is 10.8. The maximum atomic E-state index is 14.0. The Morgan fingerprint density at radius 1 is 0.867 bits per heavy atom. The Bertz CT molecular complexity index is 1630. The van der Waals surface area contributed by atoms with Gasteiger partial charge in [-0.25, -0.2) is 4.79 Å². The minimum Gasteiger partial charge on any atom is -0.445 e. The van der Waals surface area contributed by atoms with Gasteiger partial charge in [-0.05, 0) is 48.9 Å². The number of benzene rings is 3. The van der Waals surface area contributed by atoms with Gasteiger partial charge in [0.2, 0.25) is 5.91 Å². The van der Waals surface area contributed by atoms with E-state index in [0.717, 1.165) is 27.6 Å². The zero-order valence-corrected chi connectivity index (χ0v) is 25.6. The number of epoxide rings is 1. The van der Waals surface area contributed by atoms with Gasteiger partial charge in [-0.1, -0.05) is 85.8 Å². The second kappa shape index (κ2) is 14.3. The van der Waals surface area contributed by atoms with Crippen LogP contribution in [0.2, 0.25) is 0 Å². The van der Waals surface area contributed by atoms with E-state index in [2.05, 4.69) is 15.6 Å². The molecule has 2 amide bonds. The normalized spacial score (nSPS) is 17.6. The summed E-state index contributed by atoms with van der Waals surface area (Å²) in [5, 5.41) is 6.59. The van der Waals surface area contributed by atoms with Crippen LogP contribution in [-0.2, 0) is 43.3 Å². The van der Waals surface area contributed by atoms with Crippen molar-refractivity contribution in [1.82, 2.24) is 15.6 Å². The fraction of sp³-hybridized carbons (Fsp3) is 0.333. The Labute approximate surface area is 262 Å². The second-order valence-corrected chi connectivity index (χ2v) is 11.7. The molecule has 1 fully saturated rings. The van der Waals surface area contributed by atoms with Crippen LogP contribution in [0.1, 0.15) is 43.4 Å². The highest BCUT2D eigenvalue weighted by atomic mass is 16.6. The highest BCUT2D eigenvalue weighted by molar-refractivity contribution is 5.98. The first kappa shape index (κ1) is 31.7. The van der Waals surface area contributed by atoms with E-state index in [1.165, 1.54) is 0 Å². The van der Waals surface area contributed by atoms with Crippen molar-refractivity contribution < 1.29 is 28.7 Å². The molecule has 0 spiro atoms. The van der Waals surface area contributed by atoms with E-state index in [1.54, 1.807) is 13.8 Å². The van der Waals surface area contributed by atoms with Gasteiger partial charge in [-0.3, -0.25) is 14.4 Å². The first-order valence-corrected chi connectivity index (χ1v) is 15.3. The smallest absolute Gasteiger partial charge is 0.408 e. The van der Waals surface area contributed by atoms with Crippen LogP contribution < -0.4 is 10.6 Å². The number of hydrogen-bond acceptors (Lipinski definition) is 6. The molecule has 4 atom stereocenters. The quantitative estimate of drug-likeness (QED) is 0.161. The molecule has 1 saturated heterocycles. The molecule has 1 aromatic heterocycles. The minimum atomic E-state index is -0.938. The predicted octanol–water partition coefficient (Wildman–Crippen LogP) is 5.08. The maximum Gasteiger partial charge on any atom is 0.408 e. The van der Waals surface area contributed by atoms with Crippen molar-refractivity contribution >= 4 is 34.5 Å². The fourth-order valence-corrected chi connectivity index (χ4v) is 5.49. The highest BCUT2D eigenvalue weighted by Gasteiger charge is 2.50. The summed E-state index contributed by atoms with van der Waals surface area (Å²) in [6.45, 7) is 3.89. The van der Waals surface area contributed by atoms with Crippen LogP contribution in [0.25, 0.3) is 10.9 Å². The van der Waals surface area contributed by atoms with E-state index in [4.69, 9.17) is 9.47 Å². The molecule has 9 nitrogen and oxygen atoms in total. The van der Waals surface area contributed by atoms with Gasteiger partial charge in [0, 0.05) is 29.4 Å². The molecule has 45 heavy (non-hydrogen) atoms.